The van der Waals surface area contributed by atoms with E-state index < -0.39 is 5.97 Å². The maximum atomic E-state index is 11.0. The predicted molar refractivity (Wildman–Crippen MR) is 179 cm³/mol. The number of nitrogens with zero attached hydrogens (tertiary/aromatic N) is 4. The van der Waals surface area contributed by atoms with Gasteiger partial charge in [-0.2, -0.15) is 4.99 Å². The van der Waals surface area contributed by atoms with Gasteiger partial charge in [0.05, 0.1) is 11.3 Å². The van der Waals surface area contributed by atoms with E-state index in [9.17, 15) is 9.59 Å². The molecule has 0 bridgehead atoms. The molecule has 2 N–H and O–H groups in total. The van der Waals surface area contributed by atoms with Gasteiger partial charge in [-0.3, -0.25) is 0 Å². The fourth-order valence-electron chi connectivity index (χ4n) is 3.38. The van der Waals surface area contributed by atoms with Crippen LogP contribution in [0.4, 0.5) is 5.69 Å². The van der Waals surface area contributed by atoms with Crippen LogP contribution in [0.25, 0.3) is 0 Å². The number of pyridine rings is 3. The molecule has 3 aromatic heterocycles. The van der Waals surface area contributed by atoms with E-state index in [1.807, 2.05) is 48.5 Å². The summed E-state index contributed by atoms with van der Waals surface area (Å²) in [7, 11) is 0. The van der Waals surface area contributed by atoms with Crippen LogP contribution < -0.4 is 18.9 Å². The normalized spacial score (nSPS) is 10.9. The Balaban J connectivity index is 0. The smallest absolute Gasteiger partial charge is 0.870 e. The minimum absolute atomic E-state index is 0. The van der Waals surface area contributed by atoms with Gasteiger partial charge in [0.2, 0.25) is 6.08 Å². The van der Waals surface area contributed by atoms with E-state index in [-0.39, 0.29) is 51.3 Å². The van der Waals surface area contributed by atoms with Crippen LogP contribution in [0.1, 0.15) is 112 Å². The molecule has 0 aliphatic heterocycles. The number of hydrogen-bond acceptors (Lipinski definition) is 7. The molecular formula is C33H44Cl3LiN4O4. The number of carbonyl (C=O) groups excluding carboxylic acids is 1. The molecule has 45 heavy (non-hydrogen) atoms. The van der Waals surface area contributed by atoms with Gasteiger partial charge < -0.3 is 10.6 Å². The van der Waals surface area contributed by atoms with E-state index >= 15 is 0 Å². The van der Waals surface area contributed by atoms with Gasteiger partial charge in [0.15, 0.2) is 0 Å². The number of aromatic nitrogens is 3. The predicted octanol–water partition coefficient (Wildman–Crippen LogP) is 6.82. The number of aliphatic imine (C=N–C) groups is 1. The Kier molecular flexibility index (Phi) is 17.5. The summed E-state index contributed by atoms with van der Waals surface area (Å²) in [6.07, 6.45) is 1.52. The second kappa shape index (κ2) is 17.6. The van der Waals surface area contributed by atoms with Crippen molar-refractivity contribution >= 4 is 52.5 Å². The zero-order chi connectivity index (χ0) is 33.7. The largest absolute Gasteiger partial charge is 1.00 e. The average Bonchev–Trinajstić information content (AvgIpc) is 2.85. The van der Waals surface area contributed by atoms with Gasteiger partial charge in [-0.25, -0.2) is 24.5 Å². The number of hydrogen-bond donors (Lipinski definition) is 1. The minimum Gasteiger partial charge on any atom is -0.870 e. The number of rotatable bonds is 2. The molecule has 3 heterocycles. The Morgan fingerprint density at radius 2 is 1.04 bits per heavy atom. The number of aromatic carboxylic acids is 1. The molecule has 12 heteroatoms. The summed E-state index contributed by atoms with van der Waals surface area (Å²) in [5.74, 6) is -0.970. The van der Waals surface area contributed by atoms with Crippen molar-refractivity contribution in [3.05, 3.63) is 78.6 Å². The first-order valence-corrected chi connectivity index (χ1v) is 14.9. The molecule has 0 radical (unpaired) electrons. The van der Waals surface area contributed by atoms with Crippen LogP contribution >= 0.6 is 34.8 Å². The minimum atomic E-state index is -0.970. The molecule has 242 valence electrons. The summed E-state index contributed by atoms with van der Waals surface area (Å²) < 4.78 is 0. The monoisotopic (exact) mass is 672 g/mol. The van der Waals surface area contributed by atoms with Crippen LogP contribution in [0.3, 0.4) is 0 Å². The van der Waals surface area contributed by atoms with Crippen molar-refractivity contribution in [2.24, 2.45) is 4.99 Å². The van der Waals surface area contributed by atoms with E-state index in [1.54, 1.807) is 26.0 Å². The molecule has 3 rings (SSSR count). The van der Waals surface area contributed by atoms with Crippen LogP contribution in [-0.4, -0.2) is 37.6 Å². The Morgan fingerprint density at radius 3 is 1.40 bits per heavy atom. The van der Waals surface area contributed by atoms with Crippen molar-refractivity contribution < 1.29 is 39.0 Å². The number of halogens is 3. The number of carbonyl (C=O) groups is 1. The first-order valence-electron chi connectivity index (χ1n) is 13.7. The average molecular weight is 674 g/mol. The first-order chi connectivity index (χ1) is 19.4. The third-order valence-electron chi connectivity index (χ3n) is 6.57. The summed E-state index contributed by atoms with van der Waals surface area (Å²) in [5, 5.41) is 10.3. The van der Waals surface area contributed by atoms with Crippen LogP contribution in [0.2, 0.25) is 15.5 Å². The molecule has 0 unspecified atom stereocenters. The molecule has 0 saturated heterocycles. The molecule has 0 aliphatic rings. The van der Waals surface area contributed by atoms with Crippen molar-refractivity contribution in [1.82, 2.24) is 15.0 Å². The van der Waals surface area contributed by atoms with Gasteiger partial charge in [-0.1, -0.05) is 97.1 Å². The van der Waals surface area contributed by atoms with Crippen LogP contribution in [0.15, 0.2) is 23.2 Å². The summed E-state index contributed by atoms with van der Waals surface area (Å²) in [4.78, 5) is 37.6. The van der Waals surface area contributed by atoms with Gasteiger partial charge >= 0.3 is 24.8 Å². The Labute approximate surface area is 294 Å². The Bertz CT molecular complexity index is 1450. The maximum absolute atomic E-state index is 11.0. The summed E-state index contributed by atoms with van der Waals surface area (Å²) in [5.41, 5.74) is 6.57. The topological polar surface area (TPSA) is 135 Å². The molecule has 0 saturated carbocycles. The van der Waals surface area contributed by atoms with Crippen LogP contribution in [0, 0.1) is 27.7 Å². The van der Waals surface area contributed by atoms with E-state index in [0.717, 1.165) is 17.0 Å². The molecule has 0 atom stereocenters. The van der Waals surface area contributed by atoms with Gasteiger partial charge in [0.1, 0.15) is 15.5 Å². The molecule has 0 aliphatic carbocycles. The van der Waals surface area contributed by atoms with Crippen molar-refractivity contribution in [2.75, 3.05) is 0 Å². The fourth-order valence-corrected chi connectivity index (χ4v) is 4.00. The zero-order valence-corrected chi connectivity index (χ0v) is 31.1. The fraction of sp³-hybridized carbons (Fsp3) is 0.485. The number of isocyanates is 1. The van der Waals surface area contributed by atoms with Crippen LogP contribution in [-0.2, 0) is 21.0 Å². The summed E-state index contributed by atoms with van der Waals surface area (Å²) in [6, 6.07) is 5.47. The van der Waals surface area contributed by atoms with Gasteiger partial charge in [-0.05, 0) is 57.0 Å². The molecule has 8 nitrogen and oxygen atoms in total. The number of carboxylic acids is 1. The van der Waals surface area contributed by atoms with Crippen molar-refractivity contribution in [3.8, 4) is 0 Å². The van der Waals surface area contributed by atoms with E-state index in [1.165, 1.54) is 11.6 Å². The zero-order valence-electron chi connectivity index (χ0n) is 28.9. The molecule has 0 amide bonds. The molecule has 0 fully saturated rings. The Hall–Kier alpha value is -2.27. The second-order valence-electron chi connectivity index (χ2n) is 13.4. The second-order valence-corrected chi connectivity index (χ2v) is 14.5. The maximum Gasteiger partial charge on any atom is 1.00 e. The quantitative estimate of drug-likeness (QED) is 0.136. The standard InChI is InChI=1S/C11H13ClN2O.C11H14ClNO2.C11H16ClN.Li.H2O/c1-7-8(13-6-15)5-9(11(2,3)4)14-10(7)12;1-6-7(10(14)15)5-8(11(2,3)4)13-9(6)12;1-7-6-9(11(3,4)5)13-10(12)8(7)2;;/h5H,1-4H3;5H,1-4H3,(H,14,15);6H,1-5H3;;1H2/q;;;+1;/p-1. The molecule has 0 aromatic carbocycles. The Morgan fingerprint density at radius 1 is 0.689 bits per heavy atom. The third kappa shape index (κ3) is 13.2. The van der Waals surface area contributed by atoms with Crippen molar-refractivity contribution in [1.29, 1.82) is 0 Å². The molecule has 3 aromatic rings. The summed E-state index contributed by atoms with van der Waals surface area (Å²) >= 11 is 17.9. The van der Waals surface area contributed by atoms with Gasteiger partial charge in [-0.15, -0.1) is 0 Å². The van der Waals surface area contributed by atoms with Crippen LogP contribution in [0.5, 0.6) is 0 Å². The molecular weight excluding hydrogens is 630 g/mol. The van der Waals surface area contributed by atoms with E-state index in [4.69, 9.17) is 39.9 Å². The first kappa shape index (κ1) is 44.9. The van der Waals surface area contributed by atoms with E-state index in [0.29, 0.717) is 32.8 Å². The van der Waals surface area contributed by atoms with Crippen molar-refractivity contribution in [2.45, 2.75) is 106 Å². The third-order valence-corrected chi connectivity index (χ3v) is 7.68. The van der Waals surface area contributed by atoms with Gasteiger partial charge in [0.25, 0.3) is 0 Å². The van der Waals surface area contributed by atoms with Gasteiger partial charge in [0, 0.05) is 44.5 Å². The van der Waals surface area contributed by atoms with Crippen molar-refractivity contribution in [3.63, 3.8) is 0 Å². The number of carboxylic acid groups (broad SMARTS) is 1. The number of aryl methyl sites for hydroxylation is 1. The SMILES string of the molecule is Cc1c(C(=O)O)cc(C(C)(C)C)nc1Cl.Cc1c(N=C=O)cc(C(C)(C)C)nc1Cl.Cc1cc(C(C)(C)C)nc(Cl)c1C.[Li+].[OH-]. The van der Waals surface area contributed by atoms with E-state index in [2.05, 4.69) is 53.7 Å². The molecule has 0 spiro atoms. The summed E-state index contributed by atoms with van der Waals surface area (Å²) in [6.45, 7) is 25.9.